The first-order valence-corrected chi connectivity index (χ1v) is 9.95. The topological polar surface area (TPSA) is 83.7 Å². The van der Waals surface area contributed by atoms with Crippen molar-refractivity contribution in [2.45, 2.75) is 6.42 Å². The number of methoxy groups -OCH3 is 1. The molecular formula is C22H19Cl2FN2O4. The summed E-state index contributed by atoms with van der Waals surface area (Å²) in [6, 6.07) is 11.5. The third kappa shape index (κ3) is 5.77. The molecule has 0 bridgehead atoms. The monoisotopic (exact) mass is 464 g/mol. The molecule has 162 valence electrons. The van der Waals surface area contributed by atoms with Crippen molar-refractivity contribution in [3.05, 3.63) is 70.1 Å². The number of esters is 1. The average Bonchev–Trinajstić information content (AvgIpc) is 2.78. The molecule has 0 aliphatic heterocycles. The molecular weight excluding hydrogens is 446 g/mol. The van der Waals surface area contributed by atoms with Crippen molar-refractivity contribution in [1.29, 1.82) is 0 Å². The summed E-state index contributed by atoms with van der Waals surface area (Å²) in [5.74, 6) is 0.126. The summed E-state index contributed by atoms with van der Waals surface area (Å²) in [5, 5.41) is 0.342. The standard InChI is InChI=1S/C22H19Cl2FN2O4/c1-29-20(28)12-31-15-4-2-13(3-5-15)14-10-19(22(26)27-11-14)30-9-8-16-17(23)6-7-18(25)21(16)24/h2-7,10-11H,8-9,12H2,1H3,(H2,26,27). The van der Waals surface area contributed by atoms with E-state index in [1.165, 1.54) is 19.2 Å². The fourth-order valence-electron chi connectivity index (χ4n) is 2.73. The van der Waals surface area contributed by atoms with Gasteiger partial charge in [-0.15, -0.1) is 0 Å². The minimum absolute atomic E-state index is 0.0227. The van der Waals surface area contributed by atoms with E-state index in [0.717, 1.165) is 11.1 Å². The molecule has 0 saturated carbocycles. The summed E-state index contributed by atoms with van der Waals surface area (Å²) in [6.07, 6.45) is 1.91. The summed E-state index contributed by atoms with van der Waals surface area (Å²) >= 11 is 12.1. The number of ether oxygens (including phenoxy) is 3. The van der Waals surface area contributed by atoms with Crippen LogP contribution >= 0.6 is 23.2 Å². The number of nitrogens with zero attached hydrogens (tertiary/aromatic N) is 1. The fourth-order valence-corrected chi connectivity index (χ4v) is 3.29. The maximum atomic E-state index is 13.7. The van der Waals surface area contributed by atoms with Crippen molar-refractivity contribution < 1.29 is 23.4 Å². The highest BCUT2D eigenvalue weighted by molar-refractivity contribution is 6.36. The van der Waals surface area contributed by atoms with E-state index < -0.39 is 11.8 Å². The molecule has 0 atom stereocenters. The number of hydrogen-bond donors (Lipinski definition) is 1. The maximum absolute atomic E-state index is 13.7. The van der Waals surface area contributed by atoms with Crippen molar-refractivity contribution in [3.63, 3.8) is 0 Å². The third-order valence-corrected chi connectivity index (χ3v) is 5.17. The highest BCUT2D eigenvalue weighted by Gasteiger charge is 2.12. The Morgan fingerprint density at radius 3 is 2.55 bits per heavy atom. The molecule has 6 nitrogen and oxygen atoms in total. The summed E-state index contributed by atoms with van der Waals surface area (Å²) in [4.78, 5) is 15.3. The number of rotatable bonds is 8. The normalized spacial score (nSPS) is 10.6. The summed E-state index contributed by atoms with van der Waals surface area (Å²) in [7, 11) is 1.30. The number of carbonyl (C=O) groups is 1. The fraction of sp³-hybridized carbons (Fsp3) is 0.182. The first kappa shape index (κ1) is 22.7. The van der Waals surface area contributed by atoms with Gasteiger partial charge in [-0.05, 0) is 41.5 Å². The van der Waals surface area contributed by atoms with Crippen LogP contribution in [0.5, 0.6) is 11.5 Å². The number of aromatic nitrogens is 1. The van der Waals surface area contributed by atoms with E-state index in [4.69, 9.17) is 38.4 Å². The van der Waals surface area contributed by atoms with Gasteiger partial charge in [0.05, 0.1) is 18.7 Å². The Balaban J connectivity index is 1.68. The molecule has 0 aliphatic carbocycles. The molecule has 2 N–H and O–H groups in total. The number of halogens is 3. The van der Waals surface area contributed by atoms with Crippen LogP contribution in [0.3, 0.4) is 0 Å². The lowest BCUT2D eigenvalue weighted by Gasteiger charge is -2.12. The Kier molecular flexibility index (Phi) is 7.55. The number of anilines is 1. The van der Waals surface area contributed by atoms with E-state index in [1.54, 1.807) is 24.4 Å². The zero-order valence-electron chi connectivity index (χ0n) is 16.5. The first-order chi connectivity index (χ1) is 14.9. The molecule has 2 aromatic carbocycles. The van der Waals surface area contributed by atoms with Gasteiger partial charge in [0.2, 0.25) is 0 Å². The summed E-state index contributed by atoms with van der Waals surface area (Å²) in [5.41, 5.74) is 8.01. The summed E-state index contributed by atoms with van der Waals surface area (Å²) in [6.45, 7) is 0.00907. The van der Waals surface area contributed by atoms with Crippen LogP contribution in [0.15, 0.2) is 48.7 Å². The minimum atomic E-state index is -0.539. The second-order valence-electron chi connectivity index (χ2n) is 6.42. The van der Waals surface area contributed by atoms with E-state index in [9.17, 15) is 9.18 Å². The van der Waals surface area contributed by atoms with Crippen LogP contribution in [-0.4, -0.2) is 31.3 Å². The smallest absolute Gasteiger partial charge is 0.343 e. The zero-order valence-corrected chi connectivity index (χ0v) is 18.0. The molecule has 0 spiro atoms. The number of benzene rings is 2. The van der Waals surface area contributed by atoms with Crippen molar-refractivity contribution in [2.75, 3.05) is 26.1 Å². The molecule has 3 rings (SSSR count). The number of hydrogen-bond acceptors (Lipinski definition) is 6. The van der Waals surface area contributed by atoms with Crippen LogP contribution in [0.2, 0.25) is 10.0 Å². The van der Waals surface area contributed by atoms with E-state index in [0.29, 0.717) is 28.5 Å². The third-order valence-electron chi connectivity index (χ3n) is 4.40. The number of nitrogen functional groups attached to an aromatic ring is 1. The van der Waals surface area contributed by atoms with Gasteiger partial charge in [0.25, 0.3) is 0 Å². The Bertz CT molecular complexity index is 1080. The van der Waals surface area contributed by atoms with Gasteiger partial charge >= 0.3 is 5.97 Å². The molecule has 31 heavy (non-hydrogen) atoms. The van der Waals surface area contributed by atoms with E-state index in [2.05, 4.69) is 9.72 Å². The predicted octanol–water partition coefficient (Wildman–Crippen LogP) is 4.95. The molecule has 0 saturated heterocycles. The van der Waals surface area contributed by atoms with E-state index >= 15 is 0 Å². The number of carbonyl (C=O) groups excluding carboxylic acids is 1. The minimum Gasteiger partial charge on any atom is -0.489 e. The molecule has 0 radical (unpaired) electrons. The molecule has 1 aromatic heterocycles. The van der Waals surface area contributed by atoms with Gasteiger partial charge in [-0.2, -0.15) is 0 Å². The molecule has 0 aliphatic rings. The number of pyridine rings is 1. The summed E-state index contributed by atoms with van der Waals surface area (Å²) < 4.78 is 29.3. The lowest BCUT2D eigenvalue weighted by molar-refractivity contribution is -0.142. The molecule has 0 fully saturated rings. The lowest BCUT2D eigenvalue weighted by atomic mass is 10.1. The quantitative estimate of drug-likeness (QED) is 0.375. The molecule has 0 amide bonds. The Morgan fingerprint density at radius 2 is 1.84 bits per heavy atom. The van der Waals surface area contributed by atoms with Crippen LogP contribution in [0.1, 0.15) is 5.56 Å². The number of nitrogens with two attached hydrogens (primary N) is 1. The lowest BCUT2D eigenvalue weighted by Crippen LogP contribution is -2.12. The highest BCUT2D eigenvalue weighted by Crippen LogP contribution is 2.30. The van der Waals surface area contributed by atoms with Crippen LogP contribution in [0.25, 0.3) is 11.1 Å². The second-order valence-corrected chi connectivity index (χ2v) is 7.20. The molecule has 9 heteroatoms. The predicted molar refractivity (Wildman–Crippen MR) is 117 cm³/mol. The average molecular weight is 465 g/mol. The van der Waals surface area contributed by atoms with Crippen LogP contribution in [0.4, 0.5) is 10.2 Å². The van der Waals surface area contributed by atoms with E-state index in [-0.39, 0.29) is 24.1 Å². The van der Waals surface area contributed by atoms with Gasteiger partial charge < -0.3 is 19.9 Å². The van der Waals surface area contributed by atoms with Crippen molar-refractivity contribution in [3.8, 4) is 22.6 Å². The highest BCUT2D eigenvalue weighted by atomic mass is 35.5. The van der Waals surface area contributed by atoms with Gasteiger partial charge in [0.1, 0.15) is 11.6 Å². The van der Waals surface area contributed by atoms with Crippen molar-refractivity contribution in [1.82, 2.24) is 4.98 Å². The zero-order chi connectivity index (χ0) is 22.4. The van der Waals surface area contributed by atoms with E-state index in [1.807, 2.05) is 12.1 Å². The van der Waals surface area contributed by atoms with Gasteiger partial charge in [-0.1, -0.05) is 35.3 Å². The van der Waals surface area contributed by atoms with Crippen LogP contribution in [0, 0.1) is 5.82 Å². The van der Waals surface area contributed by atoms with Gasteiger partial charge in [0, 0.05) is 23.2 Å². The van der Waals surface area contributed by atoms with Crippen molar-refractivity contribution >= 4 is 35.0 Å². The van der Waals surface area contributed by atoms with Crippen LogP contribution in [-0.2, 0) is 16.0 Å². The van der Waals surface area contributed by atoms with Crippen molar-refractivity contribution in [2.24, 2.45) is 0 Å². The van der Waals surface area contributed by atoms with Gasteiger partial charge in [-0.3, -0.25) is 0 Å². The van der Waals surface area contributed by atoms with Crippen LogP contribution < -0.4 is 15.2 Å². The molecule has 3 aromatic rings. The van der Waals surface area contributed by atoms with Gasteiger partial charge in [0.15, 0.2) is 18.2 Å². The Morgan fingerprint density at radius 1 is 1.10 bits per heavy atom. The second kappa shape index (κ2) is 10.3. The molecule has 1 heterocycles. The Hall–Kier alpha value is -3.03. The maximum Gasteiger partial charge on any atom is 0.343 e. The SMILES string of the molecule is COC(=O)COc1ccc(-c2cnc(N)c(OCCc3c(Cl)ccc(F)c3Cl)c2)cc1. The Labute approximate surface area is 188 Å². The first-order valence-electron chi connectivity index (χ1n) is 9.19. The largest absolute Gasteiger partial charge is 0.489 e. The van der Waals surface area contributed by atoms with Gasteiger partial charge in [-0.25, -0.2) is 14.2 Å². The molecule has 0 unspecified atom stereocenters.